The zero-order chi connectivity index (χ0) is 19.2. The van der Waals surface area contributed by atoms with Gasteiger partial charge in [0.05, 0.1) is 0 Å². The lowest BCUT2D eigenvalue weighted by molar-refractivity contribution is 0.0693. The minimum absolute atomic E-state index is 0.200. The lowest BCUT2D eigenvalue weighted by atomic mass is 10.2. The highest BCUT2D eigenvalue weighted by Crippen LogP contribution is 2.29. The number of carbonyl (C=O) groups is 2. The number of phenols is 1. The van der Waals surface area contributed by atoms with Gasteiger partial charge in [-0.3, -0.25) is 5.32 Å². The Bertz CT molecular complexity index is 958. The van der Waals surface area contributed by atoms with E-state index in [9.17, 15) is 14.7 Å². The summed E-state index contributed by atoms with van der Waals surface area (Å²) in [6.07, 6.45) is -0.763. The summed E-state index contributed by atoms with van der Waals surface area (Å²) in [5.41, 5.74) is -0.110. The summed E-state index contributed by atoms with van der Waals surface area (Å²) in [5, 5.41) is 20.9. The standard InChI is InChI=1S/C20H15NO5S/c22-18-11-6-13(12-17(18)19(23)24)21-20(25)26-14-7-9-16(10-8-14)27-15-4-2-1-3-5-15/h1-12,22H,(H,21,25)(H,23,24). The average Bonchev–Trinajstić information content (AvgIpc) is 2.65. The third-order valence-electron chi connectivity index (χ3n) is 3.49. The first-order valence-electron chi connectivity index (χ1n) is 7.89. The number of aromatic carboxylic acids is 1. The molecule has 3 rings (SSSR count). The Morgan fingerprint density at radius 2 is 1.56 bits per heavy atom. The van der Waals surface area contributed by atoms with Gasteiger partial charge in [-0.15, -0.1) is 0 Å². The number of hydrogen-bond donors (Lipinski definition) is 3. The van der Waals surface area contributed by atoms with Crippen LogP contribution in [0.4, 0.5) is 10.5 Å². The normalized spacial score (nSPS) is 10.2. The fourth-order valence-electron chi connectivity index (χ4n) is 2.24. The molecule has 1 amide bonds. The lowest BCUT2D eigenvalue weighted by Gasteiger charge is -2.08. The van der Waals surface area contributed by atoms with Crippen LogP contribution in [0.3, 0.4) is 0 Å². The Hall–Kier alpha value is -3.45. The molecule has 3 aromatic rings. The zero-order valence-electron chi connectivity index (χ0n) is 14.0. The van der Waals surface area contributed by atoms with Gasteiger partial charge in [0, 0.05) is 15.5 Å². The number of amides is 1. The number of carboxylic acids is 1. The van der Waals surface area contributed by atoms with Crippen molar-refractivity contribution in [3.05, 3.63) is 78.4 Å². The summed E-state index contributed by atoms with van der Waals surface area (Å²) in [7, 11) is 0. The molecular weight excluding hydrogens is 366 g/mol. The number of ether oxygens (including phenoxy) is 1. The third-order valence-corrected chi connectivity index (χ3v) is 4.50. The quantitative estimate of drug-likeness (QED) is 0.547. The predicted octanol–water partition coefficient (Wildman–Crippen LogP) is 4.85. The van der Waals surface area contributed by atoms with E-state index in [0.717, 1.165) is 15.9 Å². The molecule has 0 radical (unpaired) electrons. The number of aromatic hydroxyl groups is 1. The van der Waals surface area contributed by atoms with Gasteiger partial charge in [0.1, 0.15) is 17.1 Å². The van der Waals surface area contributed by atoms with Crippen LogP contribution in [0.25, 0.3) is 0 Å². The fraction of sp³-hybridized carbons (Fsp3) is 0. The van der Waals surface area contributed by atoms with Crippen LogP contribution < -0.4 is 10.1 Å². The first kappa shape index (κ1) is 18.3. The predicted molar refractivity (Wildman–Crippen MR) is 102 cm³/mol. The van der Waals surface area contributed by atoms with Gasteiger partial charge < -0.3 is 14.9 Å². The Morgan fingerprint density at radius 1 is 0.889 bits per heavy atom. The number of carboxylic acid groups (broad SMARTS) is 1. The molecule has 0 aliphatic rings. The molecular formula is C20H15NO5S. The van der Waals surface area contributed by atoms with Crippen LogP contribution >= 0.6 is 11.8 Å². The number of rotatable bonds is 5. The molecule has 0 bridgehead atoms. The van der Waals surface area contributed by atoms with Crippen molar-refractivity contribution in [1.82, 2.24) is 0 Å². The lowest BCUT2D eigenvalue weighted by Crippen LogP contribution is -2.17. The molecule has 0 atom stereocenters. The minimum atomic E-state index is -1.30. The molecule has 0 aromatic heterocycles. The van der Waals surface area contributed by atoms with E-state index in [-0.39, 0.29) is 17.0 Å². The van der Waals surface area contributed by atoms with E-state index in [1.54, 1.807) is 23.9 Å². The summed E-state index contributed by atoms with van der Waals surface area (Å²) in [5.74, 6) is -1.33. The van der Waals surface area contributed by atoms with Crippen molar-refractivity contribution >= 4 is 29.5 Å². The molecule has 7 heteroatoms. The Labute approximate surface area is 159 Å². The summed E-state index contributed by atoms with van der Waals surface area (Å²) in [4.78, 5) is 25.1. The van der Waals surface area contributed by atoms with Gasteiger partial charge in [-0.2, -0.15) is 0 Å². The molecule has 27 heavy (non-hydrogen) atoms. The van der Waals surface area contributed by atoms with Crippen molar-refractivity contribution in [2.24, 2.45) is 0 Å². The SMILES string of the molecule is O=C(Nc1ccc(O)c(C(=O)O)c1)Oc1ccc(Sc2ccccc2)cc1. The first-order valence-corrected chi connectivity index (χ1v) is 8.71. The van der Waals surface area contributed by atoms with Gasteiger partial charge in [-0.1, -0.05) is 30.0 Å². The molecule has 0 unspecified atom stereocenters. The molecule has 3 N–H and O–H groups in total. The highest BCUT2D eigenvalue weighted by atomic mass is 32.2. The van der Waals surface area contributed by atoms with Gasteiger partial charge in [-0.05, 0) is 54.6 Å². The largest absolute Gasteiger partial charge is 0.507 e. The van der Waals surface area contributed by atoms with Crippen molar-refractivity contribution < 1.29 is 24.5 Å². The number of hydrogen-bond acceptors (Lipinski definition) is 5. The van der Waals surface area contributed by atoms with Crippen LogP contribution in [0, 0.1) is 0 Å². The van der Waals surface area contributed by atoms with E-state index in [0.29, 0.717) is 5.75 Å². The zero-order valence-corrected chi connectivity index (χ0v) is 14.8. The van der Waals surface area contributed by atoms with Crippen molar-refractivity contribution in [2.75, 3.05) is 5.32 Å². The van der Waals surface area contributed by atoms with Crippen molar-refractivity contribution in [1.29, 1.82) is 0 Å². The van der Waals surface area contributed by atoms with Gasteiger partial charge in [0.2, 0.25) is 0 Å². The van der Waals surface area contributed by atoms with Crippen LogP contribution in [0.15, 0.2) is 82.6 Å². The Kier molecular flexibility index (Phi) is 5.63. The van der Waals surface area contributed by atoms with Crippen molar-refractivity contribution in [3.8, 4) is 11.5 Å². The van der Waals surface area contributed by atoms with E-state index >= 15 is 0 Å². The second-order valence-corrected chi connectivity index (χ2v) is 6.59. The summed E-state index contributed by atoms with van der Waals surface area (Å²) in [6.45, 7) is 0. The van der Waals surface area contributed by atoms with E-state index in [1.807, 2.05) is 42.5 Å². The maximum atomic E-state index is 12.0. The minimum Gasteiger partial charge on any atom is -0.507 e. The first-order chi connectivity index (χ1) is 13.0. The average molecular weight is 381 g/mol. The highest BCUT2D eigenvalue weighted by molar-refractivity contribution is 7.99. The molecule has 0 aliphatic carbocycles. The third kappa shape index (κ3) is 5.02. The number of benzene rings is 3. The van der Waals surface area contributed by atoms with Gasteiger partial charge in [0.15, 0.2) is 0 Å². The van der Waals surface area contributed by atoms with Crippen molar-refractivity contribution in [2.45, 2.75) is 9.79 Å². The molecule has 0 saturated heterocycles. The summed E-state index contributed by atoms with van der Waals surface area (Å²) >= 11 is 1.59. The number of anilines is 1. The van der Waals surface area contributed by atoms with Gasteiger partial charge >= 0.3 is 12.1 Å². The summed E-state index contributed by atoms with van der Waals surface area (Å²) in [6, 6.07) is 20.6. The Morgan fingerprint density at radius 3 is 2.22 bits per heavy atom. The molecule has 0 spiro atoms. The Balaban J connectivity index is 1.61. The molecule has 0 heterocycles. The van der Waals surface area contributed by atoms with E-state index in [4.69, 9.17) is 9.84 Å². The second-order valence-electron chi connectivity index (χ2n) is 5.44. The number of carbonyl (C=O) groups excluding carboxylic acids is 1. The highest BCUT2D eigenvalue weighted by Gasteiger charge is 2.12. The van der Waals surface area contributed by atoms with Crippen LogP contribution in [0.2, 0.25) is 0 Å². The molecule has 6 nitrogen and oxygen atoms in total. The van der Waals surface area contributed by atoms with E-state index in [1.165, 1.54) is 12.1 Å². The smallest absolute Gasteiger partial charge is 0.417 e. The topological polar surface area (TPSA) is 95.9 Å². The second kappa shape index (κ2) is 8.29. The van der Waals surface area contributed by atoms with Crippen molar-refractivity contribution in [3.63, 3.8) is 0 Å². The fourth-order valence-corrected chi connectivity index (χ4v) is 3.07. The van der Waals surface area contributed by atoms with Gasteiger partial charge in [-0.25, -0.2) is 9.59 Å². The molecule has 136 valence electrons. The van der Waals surface area contributed by atoms with E-state index < -0.39 is 12.1 Å². The molecule has 0 fully saturated rings. The monoisotopic (exact) mass is 381 g/mol. The molecule has 0 saturated carbocycles. The molecule has 0 aliphatic heterocycles. The van der Waals surface area contributed by atoms with Crippen LogP contribution in [-0.4, -0.2) is 22.3 Å². The van der Waals surface area contributed by atoms with Crippen LogP contribution in [-0.2, 0) is 0 Å². The van der Waals surface area contributed by atoms with E-state index in [2.05, 4.69) is 5.32 Å². The van der Waals surface area contributed by atoms with Crippen LogP contribution in [0.5, 0.6) is 11.5 Å². The maximum absolute atomic E-state index is 12.0. The number of nitrogens with one attached hydrogen (secondary N) is 1. The molecule has 3 aromatic carbocycles. The van der Waals surface area contributed by atoms with Crippen LogP contribution in [0.1, 0.15) is 10.4 Å². The maximum Gasteiger partial charge on any atom is 0.417 e. The van der Waals surface area contributed by atoms with Gasteiger partial charge in [0.25, 0.3) is 0 Å². The summed E-state index contributed by atoms with van der Waals surface area (Å²) < 4.78 is 5.18.